The Kier molecular flexibility index (Phi) is 6.40. The molecule has 2 aromatic rings. The van der Waals surface area contributed by atoms with Gasteiger partial charge in [0.15, 0.2) is 0 Å². The van der Waals surface area contributed by atoms with E-state index in [0.29, 0.717) is 6.42 Å². The summed E-state index contributed by atoms with van der Waals surface area (Å²) in [5, 5.41) is 8.74. The van der Waals surface area contributed by atoms with E-state index in [1.165, 1.54) is 16.7 Å². The molecule has 21 heavy (non-hydrogen) atoms. The minimum absolute atomic E-state index is 0.124. The van der Waals surface area contributed by atoms with E-state index >= 15 is 0 Å². The van der Waals surface area contributed by atoms with Crippen LogP contribution in [-0.4, -0.2) is 11.7 Å². The molecule has 0 atom stereocenters. The zero-order valence-electron chi connectivity index (χ0n) is 12.3. The molecule has 0 unspecified atom stereocenters. The van der Waals surface area contributed by atoms with Gasteiger partial charge in [0.25, 0.3) is 0 Å². The number of benzene rings is 2. The molecule has 2 aromatic carbocycles. The highest BCUT2D eigenvalue weighted by molar-refractivity contribution is 7.97. The van der Waals surface area contributed by atoms with Crippen molar-refractivity contribution in [2.45, 2.75) is 24.9 Å². The second-order valence-corrected chi connectivity index (χ2v) is 5.94. The van der Waals surface area contributed by atoms with Crippen molar-refractivity contribution in [2.75, 3.05) is 6.61 Å². The summed E-state index contributed by atoms with van der Waals surface area (Å²) < 4.78 is 0. The lowest BCUT2D eigenvalue weighted by Gasteiger charge is -2.04. The van der Waals surface area contributed by atoms with Crippen molar-refractivity contribution in [1.82, 2.24) is 0 Å². The molecule has 0 fully saturated rings. The van der Waals surface area contributed by atoms with Gasteiger partial charge < -0.3 is 5.11 Å². The van der Waals surface area contributed by atoms with Gasteiger partial charge >= 0.3 is 0 Å². The van der Waals surface area contributed by atoms with Gasteiger partial charge in [-0.2, -0.15) is 11.8 Å². The molecule has 108 valence electrons. The molecule has 0 amide bonds. The van der Waals surface area contributed by atoms with Crippen LogP contribution in [0.1, 0.15) is 28.7 Å². The first-order valence-corrected chi connectivity index (χ1v) is 8.25. The van der Waals surface area contributed by atoms with Crippen molar-refractivity contribution in [3.8, 4) is 11.8 Å². The van der Waals surface area contributed by atoms with Crippen LogP contribution in [0.25, 0.3) is 0 Å². The van der Waals surface area contributed by atoms with E-state index in [0.717, 1.165) is 17.1 Å². The van der Waals surface area contributed by atoms with E-state index < -0.39 is 0 Å². The molecule has 0 spiro atoms. The van der Waals surface area contributed by atoms with Crippen LogP contribution in [0.2, 0.25) is 0 Å². The fraction of sp³-hybridized carbons (Fsp3) is 0.263. The van der Waals surface area contributed by atoms with Gasteiger partial charge in [0.1, 0.15) is 0 Å². The van der Waals surface area contributed by atoms with Crippen molar-refractivity contribution >= 4 is 11.8 Å². The maximum absolute atomic E-state index is 8.74. The number of rotatable bonds is 5. The van der Waals surface area contributed by atoms with Crippen LogP contribution in [0.5, 0.6) is 0 Å². The second kappa shape index (κ2) is 8.56. The molecule has 0 aliphatic heterocycles. The number of hydrogen-bond donors (Lipinski definition) is 1. The highest BCUT2D eigenvalue weighted by atomic mass is 32.2. The van der Waals surface area contributed by atoms with Crippen LogP contribution in [0.3, 0.4) is 0 Å². The van der Waals surface area contributed by atoms with Gasteiger partial charge in [-0.1, -0.05) is 53.8 Å². The molecule has 0 heterocycles. The van der Waals surface area contributed by atoms with E-state index in [-0.39, 0.29) is 6.61 Å². The lowest BCUT2D eigenvalue weighted by atomic mass is 10.1. The molecule has 2 heteroatoms. The second-order valence-electron chi connectivity index (χ2n) is 4.96. The van der Waals surface area contributed by atoms with Gasteiger partial charge in [-0.15, -0.1) is 0 Å². The standard InChI is InChI=1S/C19H20OS/c1-16-6-4-9-18(12-16)14-21-15-19-10-5-8-17(13-19)7-2-3-11-20/h4-6,8-10,12-13,20H,3,11,14-15H2,1H3. The Bertz CT molecular complexity index is 637. The maximum Gasteiger partial charge on any atom is 0.0540 e. The van der Waals surface area contributed by atoms with E-state index in [1.54, 1.807) is 0 Å². The average molecular weight is 296 g/mol. The first kappa shape index (κ1) is 15.7. The van der Waals surface area contributed by atoms with Gasteiger partial charge in [0.05, 0.1) is 6.61 Å². The third-order valence-corrected chi connectivity index (χ3v) is 4.09. The van der Waals surface area contributed by atoms with E-state index in [1.807, 2.05) is 23.9 Å². The fourth-order valence-corrected chi connectivity index (χ4v) is 2.98. The number of thioether (sulfide) groups is 1. The van der Waals surface area contributed by atoms with Crippen LogP contribution in [0.15, 0.2) is 48.5 Å². The summed E-state index contributed by atoms with van der Waals surface area (Å²) in [5.74, 6) is 8.06. The van der Waals surface area contributed by atoms with Crippen LogP contribution < -0.4 is 0 Å². The van der Waals surface area contributed by atoms with Crippen LogP contribution >= 0.6 is 11.8 Å². The van der Waals surface area contributed by atoms with Crippen LogP contribution in [0.4, 0.5) is 0 Å². The fourth-order valence-electron chi connectivity index (χ4n) is 2.05. The molecule has 0 saturated heterocycles. The van der Waals surface area contributed by atoms with E-state index in [2.05, 4.69) is 55.2 Å². The summed E-state index contributed by atoms with van der Waals surface area (Å²) >= 11 is 1.92. The van der Waals surface area contributed by atoms with Crippen molar-refractivity contribution < 1.29 is 5.11 Å². The van der Waals surface area contributed by atoms with Crippen molar-refractivity contribution in [2.24, 2.45) is 0 Å². The molecule has 1 N–H and O–H groups in total. The normalized spacial score (nSPS) is 10.0. The summed E-state index contributed by atoms with van der Waals surface area (Å²) in [4.78, 5) is 0. The van der Waals surface area contributed by atoms with Crippen molar-refractivity contribution in [3.05, 3.63) is 70.8 Å². The Morgan fingerprint density at radius 3 is 2.43 bits per heavy atom. The summed E-state index contributed by atoms with van der Waals surface area (Å²) in [5.41, 5.74) is 5.01. The molecular weight excluding hydrogens is 276 g/mol. The predicted molar refractivity (Wildman–Crippen MR) is 91.2 cm³/mol. The topological polar surface area (TPSA) is 20.2 Å². The molecule has 2 rings (SSSR count). The Morgan fingerprint density at radius 2 is 1.71 bits per heavy atom. The van der Waals surface area contributed by atoms with Crippen LogP contribution in [0, 0.1) is 18.8 Å². The monoisotopic (exact) mass is 296 g/mol. The third kappa shape index (κ3) is 5.67. The number of aliphatic hydroxyl groups is 1. The molecule has 0 radical (unpaired) electrons. The smallest absolute Gasteiger partial charge is 0.0540 e. The van der Waals surface area contributed by atoms with Gasteiger partial charge in [0.2, 0.25) is 0 Å². The largest absolute Gasteiger partial charge is 0.395 e. The minimum atomic E-state index is 0.124. The van der Waals surface area contributed by atoms with Gasteiger partial charge in [-0.25, -0.2) is 0 Å². The summed E-state index contributed by atoms with van der Waals surface area (Å²) in [6, 6.07) is 17.0. The zero-order chi connectivity index (χ0) is 14.9. The van der Waals surface area contributed by atoms with Gasteiger partial charge in [0, 0.05) is 23.5 Å². The maximum atomic E-state index is 8.74. The van der Waals surface area contributed by atoms with E-state index in [4.69, 9.17) is 5.11 Å². The molecule has 0 aromatic heterocycles. The molecule has 1 nitrogen and oxygen atoms in total. The lowest BCUT2D eigenvalue weighted by molar-refractivity contribution is 0.305. The highest BCUT2D eigenvalue weighted by Crippen LogP contribution is 2.19. The van der Waals surface area contributed by atoms with Crippen LogP contribution in [-0.2, 0) is 11.5 Å². The molecule has 0 aliphatic carbocycles. The summed E-state index contributed by atoms with van der Waals surface area (Å²) in [6.45, 7) is 2.25. The average Bonchev–Trinajstić information content (AvgIpc) is 2.48. The summed E-state index contributed by atoms with van der Waals surface area (Å²) in [7, 11) is 0. The molecule has 0 aliphatic rings. The predicted octanol–water partition coefficient (Wildman–Crippen LogP) is 4.16. The van der Waals surface area contributed by atoms with Gasteiger partial charge in [-0.3, -0.25) is 0 Å². The van der Waals surface area contributed by atoms with Crippen molar-refractivity contribution in [3.63, 3.8) is 0 Å². The molecular formula is C19H20OS. The number of aliphatic hydroxyl groups excluding tert-OH is 1. The highest BCUT2D eigenvalue weighted by Gasteiger charge is 1.97. The van der Waals surface area contributed by atoms with Gasteiger partial charge in [-0.05, 0) is 30.2 Å². The Hall–Kier alpha value is -1.69. The minimum Gasteiger partial charge on any atom is -0.395 e. The molecule has 0 saturated carbocycles. The van der Waals surface area contributed by atoms with E-state index in [9.17, 15) is 0 Å². The quantitative estimate of drug-likeness (QED) is 0.836. The Morgan fingerprint density at radius 1 is 1.00 bits per heavy atom. The number of hydrogen-bond acceptors (Lipinski definition) is 2. The SMILES string of the molecule is Cc1cccc(CSCc2cccc(C#CCCO)c2)c1. The Labute approximate surface area is 131 Å². The third-order valence-electron chi connectivity index (χ3n) is 3.02. The first-order valence-electron chi connectivity index (χ1n) is 7.10. The number of aryl methyl sites for hydroxylation is 1. The zero-order valence-corrected chi connectivity index (χ0v) is 13.1. The first-order chi connectivity index (χ1) is 10.3. The van der Waals surface area contributed by atoms with Crippen molar-refractivity contribution in [1.29, 1.82) is 0 Å². The molecule has 0 bridgehead atoms. The Balaban J connectivity index is 1.89. The lowest BCUT2D eigenvalue weighted by Crippen LogP contribution is -1.86. The summed E-state index contributed by atoms with van der Waals surface area (Å²) in [6.07, 6.45) is 0.534.